The lowest BCUT2D eigenvalue weighted by atomic mass is 10.1. The predicted molar refractivity (Wildman–Crippen MR) is 117 cm³/mol. The fourth-order valence-corrected chi connectivity index (χ4v) is 3.93. The lowest BCUT2D eigenvalue weighted by Gasteiger charge is -2.12. The second-order valence-corrected chi connectivity index (χ2v) is 9.89. The molecule has 8 nitrogen and oxygen atoms in total. The van der Waals surface area contributed by atoms with Crippen molar-refractivity contribution >= 4 is 21.7 Å². The van der Waals surface area contributed by atoms with Crippen molar-refractivity contribution in [1.82, 2.24) is 0 Å². The van der Waals surface area contributed by atoms with Gasteiger partial charge in [-0.05, 0) is 69.9 Å². The molecule has 3 N–H and O–H groups in total. The highest BCUT2D eigenvalue weighted by Crippen LogP contribution is 2.57. The van der Waals surface area contributed by atoms with Crippen LogP contribution in [0.25, 0.3) is 6.08 Å². The van der Waals surface area contributed by atoms with Crippen LogP contribution in [0.4, 0.5) is 0 Å². The highest BCUT2D eigenvalue weighted by molar-refractivity contribution is 7.60. The molecular weight excluding hydrogens is 430 g/mol. The van der Waals surface area contributed by atoms with Crippen LogP contribution in [0.15, 0.2) is 53.1 Å². The van der Waals surface area contributed by atoms with Crippen LogP contribution < -0.4 is 4.74 Å². The monoisotopic (exact) mass is 460 g/mol. The number of phosphoric acid groups is 2. The summed E-state index contributed by atoms with van der Waals surface area (Å²) >= 11 is 0. The van der Waals surface area contributed by atoms with Crippen LogP contribution in [0.2, 0.25) is 0 Å². The number of benzene rings is 1. The van der Waals surface area contributed by atoms with Crippen LogP contribution in [0.3, 0.4) is 0 Å². The van der Waals surface area contributed by atoms with Crippen LogP contribution in [0.5, 0.6) is 5.75 Å². The topological polar surface area (TPSA) is 123 Å². The Morgan fingerprint density at radius 3 is 2.17 bits per heavy atom. The molecule has 0 fully saturated rings. The van der Waals surface area contributed by atoms with E-state index >= 15 is 0 Å². The minimum Gasteiger partial charge on any atom is -0.490 e. The Balaban J connectivity index is 2.52. The average molecular weight is 460 g/mol. The Hall–Kier alpha value is -1.50. The van der Waals surface area contributed by atoms with Crippen LogP contribution in [0, 0.1) is 0 Å². The van der Waals surface area contributed by atoms with E-state index in [0.717, 1.165) is 18.4 Å². The molecule has 0 aliphatic heterocycles. The molecule has 1 aromatic carbocycles. The Bertz CT molecular complexity index is 861. The Morgan fingerprint density at radius 2 is 1.60 bits per heavy atom. The molecule has 0 bridgehead atoms. The minimum absolute atomic E-state index is 0.331. The molecular formula is C20H30O8P2. The van der Waals surface area contributed by atoms with Gasteiger partial charge in [0, 0.05) is 0 Å². The Kier molecular flexibility index (Phi) is 10.9. The average Bonchev–Trinajstić information content (AvgIpc) is 2.59. The van der Waals surface area contributed by atoms with E-state index in [2.05, 4.69) is 41.8 Å². The van der Waals surface area contributed by atoms with E-state index in [0.29, 0.717) is 17.9 Å². The normalized spacial score (nSPS) is 14.9. The van der Waals surface area contributed by atoms with Gasteiger partial charge >= 0.3 is 15.6 Å². The van der Waals surface area contributed by atoms with Gasteiger partial charge in [-0.25, -0.2) is 9.13 Å². The third-order valence-electron chi connectivity index (χ3n) is 3.73. The van der Waals surface area contributed by atoms with Gasteiger partial charge in [0.1, 0.15) is 12.4 Å². The summed E-state index contributed by atoms with van der Waals surface area (Å²) in [6, 6.07) is 7.24. The van der Waals surface area contributed by atoms with Crippen molar-refractivity contribution in [3.05, 3.63) is 58.7 Å². The first-order valence-corrected chi connectivity index (χ1v) is 12.3. The van der Waals surface area contributed by atoms with E-state index in [4.69, 9.17) is 14.5 Å². The van der Waals surface area contributed by atoms with Crippen molar-refractivity contribution in [3.8, 4) is 5.75 Å². The number of phosphoric ester groups is 1. The number of hydrogen-bond donors (Lipinski definition) is 3. The molecule has 0 aliphatic rings. The van der Waals surface area contributed by atoms with Crippen molar-refractivity contribution in [3.63, 3.8) is 0 Å². The van der Waals surface area contributed by atoms with Crippen molar-refractivity contribution in [2.24, 2.45) is 0 Å². The van der Waals surface area contributed by atoms with Crippen LogP contribution in [-0.4, -0.2) is 27.9 Å². The van der Waals surface area contributed by atoms with E-state index in [1.54, 1.807) is 25.1 Å². The summed E-state index contributed by atoms with van der Waals surface area (Å²) in [7, 11) is -9.97. The zero-order valence-electron chi connectivity index (χ0n) is 17.6. The molecule has 30 heavy (non-hydrogen) atoms. The molecule has 168 valence electrons. The van der Waals surface area contributed by atoms with Gasteiger partial charge in [0.2, 0.25) is 0 Å². The van der Waals surface area contributed by atoms with Crippen molar-refractivity contribution in [2.45, 2.75) is 40.5 Å². The number of rotatable bonds is 12. The Labute approximate surface area is 177 Å². The SMILES string of the molecule is CC(C)=CCC/C(C)=C/COc1ccc(/C=C(\C)COP(=O)(O)OP(=O)(O)O)cc1. The number of allylic oxidation sites excluding steroid dienone is 3. The van der Waals surface area contributed by atoms with E-state index in [-0.39, 0.29) is 6.61 Å². The second-order valence-electron chi connectivity index (χ2n) is 7.06. The van der Waals surface area contributed by atoms with Crippen molar-refractivity contribution < 1.29 is 37.4 Å². The summed E-state index contributed by atoms with van der Waals surface area (Å²) in [6.07, 6.45) is 7.99. The molecule has 0 spiro atoms. The quantitative estimate of drug-likeness (QED) is 0.280. The zero-order valence-corrected chi connectivity index (χ0v) is 19.4. The standard InChI is InChI=1S/C20H30O8P2/c1-16(2)6-5-7-17(3)12-13-26-20-10-8-19(9-11-20)14-18(4)15-27-30(24,25)28-29(21,22)23/h6,8-12,14H,5,7,13,15H2,1-4H3,(H,24,25)(H2,21,22,23)/b17-12+,18-14+. The maximum atomic E-state index is 11.4. The van der Waals surface area contributed by atoms with E-state index in [1.165, 1.54) is 11.1 Å². The molecule has 0 aromatic heterocycles. The first-order valence-electron chi connectivity index (χ1n) is 9.29. The third kappa shape index (κ3) is 12.9. The molecule has 1 aromatic rings. The minimum atomic E-state index is -5.12. The van der Waals surface area contributed by atoms with E-state index < -0.39 is 15.6 Å². The van der Waals surface area contributed by atoms with Gasteiger partial charge in [-0.3, -0.25) is 4.52 Å². The summed E-state index contributed by atoms with van der Waals surface area (Å²) < 4.78 is 36.1. The summed E-state index contributed by atoms with van der Waals surface area (Å²) in [4.78, 5) is 26.4. The largest absolute Gasteiger partial charge is 0.490 e. The van der Waals surface area contributed by atoms with E-state index in [1.807, 2.05) is 12.1 Å². The second kappa shape index (κ2) is 12.4. The molecule has 0 amide bonds. The molecule has 0 saturated heterocycles. The van der Waals surface area contributed by atoms with Crippen LogP contribution in [0.1, 0.15) is 46.1 Å². The smallest absolute Gasteiger partial charge is 0.481 e. The maximum absolute atomic E-state index is 11.4. The number of ether oxygens (including phenoxy) is 1. The molecule has 10 heteroatoms. The molecule has 0 aliphatic carbocycles. The summed E-state index contributed by atoms with van der Waals surface area (Å²) in [5, 5.41) is 0. The molecule has 1 atom stereocenters. The summed E-state index contributed by atoms with van der Waals surface area (Å²) in [6.45, 7) is 8.04. The summed E-state index contributed by atoms with van der Waals surface area (Å²) in [5.41, 5.74) is 3.95. The molecule has 0 heterocycles. The lowest BCUT2D eigenvalue weighted by molar-refractivity contribution is 0.188. The van der Waals surface area contributed by atoms with E-state index in [9.17, 15) is 14.0 Å². The van der Waals surface area contributed by atoms with Crippen molar-refractivity contribution in [2.75, 3.05) is 13.2 Å². The van der Waals surface area contributed by atoms with Gasteiger partial charge in [-0.2, -0.15) is 4.31 Å². The van der Waals surface area contributed by atoms with Gasteiger partial charge in [-0.1, -0.05) is 35.4 Å². The first kappa shape index (κ1) is 26.5. The predicted octanol–water partition coefficient (Wildman–Crippen LogP) is 5.39. The lowest BCUT2D eigenvalue weighted by Crippen LogP contribution is -1.97. The van der Waals surface area contributed by atoms with Gasteiger partial charge in [0.25, 0.3) is 0 Å². The molecule has 1 unspecified atom stereocenters. The van der Waals surface area contributed by atoms with Crippen LogP contribution in [-0.2, 0) is 18.0 Å². The van der Waals surface area contributed by atoms with Gasteiger partial charge in [-0.15, -0.1) is 0 Å². The fourth-order valence-electron chi connectivity index (χ4n) is 2.30. The molecule has 1 rings (SSSR count). The van der Waals surface area contributed by atoms with Gasteiger partial charge < -0.3 is 19.4 Å². The molecule has 0 radical (unpaired) electrons. The molecule has 0 saturated carbocycles. The zero-order chi connectivity index (χ0) is 22.8. The summed E-state index contributed by atoms with van der Waals surface area (Å²) in [5.74, 6) is 0.712. The Morgan fingerprint density at radius 1 is 0.967 bits per heavy atom. The van der Waals surface area contributed by atoms with Crippen molar-refractivity contribution in [1.29, 1.82) is 0 Å². The fraction of sp³-hybridized carbons (Fsp3) is 0.400. The highest BCUT2D eigenvalue weighted by Gasteiger charge is 2.32. The van der Waals surface area contributed by atoms with Gasteiger partial charge in [0.15, 0.2) is 0 Å². The van der Waals surface area contributed by atoms with Gasteiger partial charge in [0.05, 0.1) is 6.61 Å². The number of hydrogen-bond acceptors (Lipinski definition) is 5. The third-order valence-corrected chi connectivity index (χ3v) is 5.86. The first-order chi connectivity index (χ1) is 13.9. The highest BCUT2D eigenvalue weighted by atomic mass is 31.3. The van der Waals surface area contributed by atoms with Crippen LogP contribution >= 0.6 is 15.6 Å². The maximum Gasteiger partial charge on any atom is 0.481 e.